The van der Waals surface area contributed by atoms with Gasteiger partial charge in [0.1, 0.15) is 0 Å². The molecule has 17 heavy (non-hydrogen) atoms. The van der Waals surface area contributed by atoms with Crippen molar-refractivity contribution in [1.29, 1.82) is 0 Å². The molecule has 0 fully saturated rings. The highest BCUT2D eigenvalue weighted by atomic mass is 79.9. The molecule has 1 aromatic rings. The molecular weight excluding hydrogens is 278 g/mol. The van der Waals surface area contributed by atoms with Gasteiger partial charge in [0.25, 0.3) is 0 Å². The molecule has 1 atom stereocenters. The van der Waals surface area contributed by atoms with Gasteiger partial charge in [0.05, 0.1) is 0 Å². The maximum atomic E-state index is 5.43. The van der Waals surface area contributed by atoms with E-state index in [1.165, 1.54) is 5.56 Å². The van der Waals surface area contributed by atoms with E-state index < -0.39 is 0 Å². The van der Waals surface area contributed by atoms with Gasteiger partial charge in [-0.1, -0.05) is 28.1 Å². The summed E-state index contributed by atoms with van der Waals surface area (Å²) in [7, 11) is 2.01. The van der Waals surface area contributed by atoms with E-state index in [1.54, 1.807) is 0 Å². The molecule has 0 aliphatic carbocycles. The predicted octanol–water partition coefficient (Wildman–Crippen LogP) is 3.25. The molecule has 0 amide bonds. The quantitative estimate of drug-likeness (QED) is 0.744. The standard InChI is InChI=1S/C14H22BrNO/c1-3-17-8-7-13(11-16-2)9-12-5-4-6-14(15)10-12/h4-6,10,13,16H,3,7-9,11H2,1-2H3. The third kappa shape index (κ3) is 6.20. The summed E-state index contributed by atoms with van der Waals surface area (Å²) < 4.78 is 6.59. The summed E-state index contributed by atoms with van der Waals surface area (Å²) >= 11 is 3.51. The number of benzene rings is 1. The Hall–Kier alpha value is -0.380. The molecule has 1 N–H and O–H groups in total. The SMILES string of the molecule is CCOCCC(CNC)Cc1cccc(Br)c1. The molecule has 0 radical (unpaired) electrons. The molecule has 0 aromatic heterocycles. The Morgan fingerprint density at radius 2 is 2.24 bits per heavy atom. The average Bonchev–Trinajstić information content (AvgIpc) is 2.29. The summed E-state index contributed by atoms with van der Waals surface area (Å²) in [6.45, 7) is 4.75. The Bertz CT molecular complexity index is 317. The number of halogens is 1. The molecule has 0 heterocycles. The van der Waals surface area contributed by atoms with E-state index in [4.69, 9.17) is 4.74 Å². The largest absolute Gasteiger partial charge is 0.382 e. The Morgan fingerprint density at radius 1 is 1.41 bits per heavy atom. The smallest absolute Gasteiger partial charge is 0.0469 e. The lowest BCUT2D eigenvalue weighted by atomic mass is 9.96. The first kappa shape index (κ1) is 14.7. The molecule has 1 rings (SSSR count). The predicted molar refractivity (Wildman–Crippen MR) is 76.4 cm³/mol. The lowest BCUT2D eigenvalue weighted by Crippen LogP contribution is -2.22. The third-order valence-electron chi connectivity index (χ3n) is 2.78. The number of hydrogen-bond donors (Lipinski definition) is 1. The summed E-state index contributed by atoms with van der Waals surface area (Å²) in [6.07, 6.45) is 2.22. The molecule has 0 saturated carbocycles. The lowest BCUT2D eigenvalue weighted by Gasteiger charge is -2.16. The molecule has 0 aliphatic heterocycles. The fraction of sp³-hybridized carbons (Fsp3) is 0.571. The van der Waals surface area contributed by atoms with Crippen LogP contribution in [0.2, 0.25) is 0 Å². The Morgan fingerprint density at radius 3 is 2.88 bits per heavy atom. The number of nitrogens with one attached hydrogen (secondary N) is 1. The van der Waals surface area contributed by atoms with Crippen molar-refractivity contribution in [2.24, 2.45) is 5.92 Å². The van der Waals surface area contributed by atoms with Gasteiger partial charge >= 0.3 is 0 Å². The van der Waals surface area contributed by atoms with Crippen LogP contribution in [0.25, 0.3) is 0 Å². The van der Waals surface area contributed by atoms with Crippen molar-refractivity contribution in [2.75, 3.05) is 26.8 Å². The number of rotatable bonds is 8. The van der Waals surface area contributed by atoms with Crippen molar-refractivity contribution in [3.63, 3.8) is 0 Å². The minimum absolute atomic E-state index is 0.640. The summed E-state index contributed by atoms with van der Waals surface area (Å²) in [6, 6.07) is 8.55. The van der Waals surface area contributed by atoms with E-state index in [-0.39, 0.29) is 0 Å². The fourth-order valence-electron chi connectivity index (χ4n) is 1.96. The third-order valence-corrected chi connectivity index (χ3v) is 3.27. The van der Waals surface area contributed by atoms with Gasteiger partial charge in [-0.25, -0.2) is 0 Å². The first-order chi connectivity index (χ1) is 8.26. The summed E-state index contributed by atoms with van der Waals surface area (Å²) in [5, 5.41) is 3.26. The molecule has 1 aromatic carbocycles. The number of hydrogen-bond acceptors (Lipinski definition) is 2. The van der Waals surface area contributed by atoms with Crippen LogP contribution in [-0.4, -0.2) is 26.8 Å². The Labute approximate surface area is 113 Å². The Balaban J connectivity index is 2.47. The second-order valence-corrected chi connectivity index (χ2v) is 5.16. The zero-order chi connectivity index (χ0) is 12.5. The van der Waals surface area contributed by atoms with Crippen molar-refractivity contribution in [1.82, 2.24) is 5.32 Å². The van der Waals surface area contributed by atoms with Gasteiger partial charge in [0.15, 0.2) is 0 Å². The van der Waals surface area contributed by atoms with Crippen LogP contribution in [-0.2, 0) is 11.2 Å². The second-order valence-electron chi connectivity index (χ2n) is 4.24. The average molecular weight is 300 g/mol. The van der Waals surface area contributed by atoms with E-state index in [9.17, 15) is 0 Å². The summed E-state index contributed by atoms with van der Waals surface area (Å²) in [5.41, 5.74) is 1.39. The zero-order valence-corrected chi connectivity index (χ0v) is 12.3. The molecule has 1 unspecified atom stereocenters. The van der Waals surface area contributed by atoms with Gasteiger partial charge in [-0.2, -0.15) is 0 Å². The van der Waals surface area contributed by atoms with Crippen LogP contribution >= 0.6 is 15.9 Å². The van der Waals surface area contributed by atoms with Crippen molar-refractivity contribution < 1.29 is 4.74 Å². The van der Waals surface area contributed by atoms with Crippen molar-refractivity contribution >= 4 is 15.9 Å². The Kier molecular flexibility index (Phi) is 7.49. The van der Waals surface area contributed by atoms with E-state index in [1.807, 2.05) is 14.0 Å². The fourth-order valence-corrected chi connectivity index (χ4v) is 2.40. The lowest BCUT2D eigenvalue weighted by molar-refractivity contribution is 0.132. The second kappa shape index (κ2) is 8.67. The van der Waals surface area contributed by atoms with Gasteiger partial charge in [0.2, 0.25) is 0 Å². The van der Waals surface area contributed by atoms with Crippen molar-refractivity contribution in [3.05, 3.63) is 34.3 Å². The molecule has 2 nitrogen and oxygen atoms in total. The van der Waals surface area contributed by atoms with Gasteiger partial charge < -0.3 is 10.1 Å². The van der Waals surface area contributed by atoms with Crippen molar-refractivity contribution in [2.45, 2.75) is 19.8 Å². The van der Waals surface area contributed by atoms with Crippen LogP contribution in [0.3, 0.4) is 0 Å². The van der Waals surface area contributed by atoms with Gasteiger partial charge in [0, 0.05) is 17.7 Å². The van der Waals surface area contributed by atoms with Crippen LogP contribution < -0.4 is 5.32 Å². The minimum Gasteiger partial charge on any atom is -0.382 e. The maximum absolute atomic E-state index is 5.43. The van der Waals surface area contributed by atoms with E-state index in [2.05, 4.69) is 45.5 Å². The molecule has 0 bridgehead atoms. The molecule has 0 spiro atoms. The molecule has 0 aliphatic rings. The summed E-state index contributed by atoms with van der Waals surface area (Å²) in [4.78, 5) is 0. The van der Waals surface area contributed by atoms with E-state index in [0.717, 1.165) is 37.1 Å². The molecule has 3 heteroatoms. The monoisotopic (exact) mass is 299 g/mol. The topological polar surface area (TPSA) is 21.3 Å². The van der Waals surface area contributed by atoms with Gasteiger partial charge in [-0.05, 0) is 57.0 Å². The zero-order valence-electron chi connectivity index (χ0n) is 10.7. The van der Waals surface area contributed by atoms with Crippen LogP contribution in [0, 0.1) is 5.92 Å². The van der Waals surface area contributed by atoms with Gasteiger partial charge in [-0.3, -0.25) is 0 Å². The van der Waals surface area contributed by atoms with Crippen LogP contribution in [0.15, 0.2) is 28.7 Å². The van der Waals surface area contributed by atoms with Crippen molar-refractivity contribution in [3.8, 4) is 0 Å². The van der Waals surface area contributed by atoms with Crippen LogP contribution in [0.1, 0.15) is 18.9 Å². The molecule has 96 valence electrons. The van der Waals surface area contributed by atoms with E-state index >= 15 is 0 Å². The first-order valence-corrected chi connectivity index (χ1v) is 7.02. The minimum atomic E-state index is 0.640. The van der Waals surface area contributed by atoms with Crippen LogP contribution in [0.5, 0.6) is 0 Å². The molecule has 0 saturated heterocycles. The first-order valence-electron chi connectivity index (χ1n) is 6.23. The van der Waals surface area contributed by atoms with E-state index in [0.29, 0.717) is 5.92 Å². The maximum Gasteiger partial charge on any atom is 0.0469 e. The van der Waals surface area contributed by atoms with Gasteiger partial charge in [-0.15, -0.1) is 0 Å². The van der Waals surface area contributed by atoms with Crippen LogP contribution in [0.4, 0.5) is 0 Å². The highest BCUT2D eigenvalue weighted by Crippen LogP contribution is 2.16. The summed E-state index contributed by atoms with van der Waals surface area (Å²) in [5.74, 6) is 0.640. The normalized spacial score (nSPS) is 12.6. The molecular formula is C14H22BrNO. The number of ether oxygens (including phenoxy) is 1. The highest BCUT2D eigenvalue weighted by molar-refractivity contribution is 9.10. The highest BCUT2D eigenvalue weighted by Gasteiger charge is 2.09.